The first-order chi connectivity index (χ1) is 5.02. The monoisotopic (exact) mass is 165 g/mol. The van der Waals surface area contributed by atoms with E-state index < -0.39 is 17.4 Å². The zero-order chi connectivity index (χ0) is 8.85. The SMILES string of the molecule is CC(O)NC(=O)ON[N+](=O)[O-]. The fourth-order valence-electron chi connectivity index (χ4n) is 0.279. The maximum absolute atomic E-state index is 10.3. The molecule has 0 aromatic heterocycles. The Hall–Kier alpha value is -1.57. The van der Waals surface area contributed by atoms with Crippen molar-refractivity contribution in [1.29, 1.82) is 0 Å². The van der Waals surface area contributed by atoms with E-state index in [4.69, 9.17) is 5.11 Å². The van der Waals surface area contributed by atoms with Crippen LogP contribution in [0.25, 0.3) is 0 Å². The van der Waals surface area contributed by atoms with Crippen molar-refractivity contribution >= 4 is 6.09 Å². The molecule has 0 aromatic carbocycles. The van der Waals surface area contributed by atoms with Crippen molar-refractivity contribution in [2.75, 3.05) is 0 Å². The Morgan fingerprint density at radius 1 is 1.82 bits per heavy atom. The summed E-state index contributed by atoms with van der Waals surface area (Å²) in [5.74, 6) is 0. The summed E-state index contributed by atoms with van der Waals surface area (Å²) >= 11 is 0. The summed E-state index contributed by atoms with van der Waals surface area (Å²) in [4.78, 5) is 23.6. The molecule has 64 valence electrons. The largest absolute Gasteiger partial charge is 0.437 e. The molecule has 8 nitrogen and oxygen atoms in total. The molecule has 8 heteroatoms. The highest BCUT2D eigenvalue weighted by molar-refractivity contribution is 5.66. The number of nitrogens with one attached hydrogen (secondary N) is 2. The second kappa shape index (κ2) is 4.28. The molecule has 0 aliphatic carbocycles. The lowest BCUT2D eigenvalue weighted by atomic mass is 10.7. The maximum Gasteiger partial charge on any atom is 0.437 e. The molecule has 0 rings (SSSR count). The lowest BCUT2D eigenvalue weighted by Crippen LogP contribution is -2.37. The number of aliphatic hydroxyl groups excluding tert-OH is 1. The Bertz CT molecular complexity index is 157. The molecular weight excluding hydrogens is 158 g/mol. The van der Waals surface area contributed by atoms with Crippen molar-refractivity contribution in [2.24, 2.45) is 0 Å². The summed E-state index contributed by atoms with van der Waals surface area (Å²) in [6.45, 7) is 1.26. The van der Waals surface area contributed by atoms with Gasteiger partial charge in [-0.15, -0.1) is 0 Å². The van der Waals surface area contributed by atoms with E-state index >= 15 is 0 Å². The number of hydrogen-bond donors (Lipinski definition) is 3. The van der Waals surface area contributed by atoms with Crippen LogP contribution in [-0.2, 0) is 4.84 Å². The van der Waals surface area contributed by atoms with Gasteiger partial charge in [0, 0.05) is 5.59 Å². The smallest absolute Gasteiger partial charge is 0.374 e. The Kier molecular flexibility index (Phi) is 3.67. The van der Waals surface area contributed by atoms with E-state index in [9.17, 15) is 14.9 Å². The predicted molar refractivity (Wildman–Crippen MR) is 31.4 cm³/mol. The average molecular weight is 165 g/mol. The molecule has 0 heterocycles. The molecule has 3 N–H and O–H groups in total. The zero-order valence-corrected chi connectivity index (χ0v) is 5.60. The lowest BCUT2D eigenvalue weighted by molar-refractivity contribution is -0.596. The van der Waals surface area contributed by atoms with Crippen molar-refractivity contribution in [2.45, 2.75) is 13.2 Å². The summed E-state index contributed by atoms with van der Waals surface area (Å²) in [6, 6.07) is 0. The molecule has 0 saturated carbocycles. The number of nitrogens with zero attached hydrogens (tertiary/aromatic N) is 1. The molecule has 0 aliphatic heterocycles. The minimum atomic E-state index is -1.13. The van der Waals surface area contributed by atoms with Crippen LogP contribution in [-0.4, -0.2) is 22.5 Å². The third-order valence-corrected chi connectivity index (χ3v) is 0.540. The average Bonchev–Trinajstić information content (AvgIpc) is 1.82. The fourth-order valence-corrected chi connectivity index (χ4v) is 0.279. The fraction of sp³-hybridized carbons (Fsp3) is 0.667. The lowest BCUT2D eigenvalue weighted by Gasteiger charge is -2.04. The van der Waals surface area contributed by atoms with Gasteiger partial charge in [0.2, 0.25) is 0 Å². The molecule has 0 spiro atoms. The minimum absolute atomic E-state index is 1.05. The van der Waals surface area contributed by atoms with Crippen molar-refractivity contribution < 1.29 is 19.8 Å². The summed E-state index contributed by atoms with van der Waals surface area (Å²) in [5, 5.41) is 18.8. The summed E-state index contributed by atoms with van der Waals surface area (Å²) in [7, 11) is 0. The van der Waals surface area contributed by atoms with Crippen LogP contribution in [0, 0.1) is 10.1 Å². The van der Waals surface area contributed by atoms with Crippen molar-refractivity contribution in [3.63, 3.8) is 0 Å². The number of carbonyl (C=O) groups is 1. The topological polar surface area (TPSA) is 114 Å². The summed E-state index contributed by atoms with van der Waals surface area (Å²) in [5.41, 5.74) is 1.15. The molecule has 1 atom stereocenters. The standard InChI is InChI=1S/C3H7N3O5/c1-2(7)4-3(8)11-5-6(9)10/h2,5,7H,1H3,(H,4,8). The van der Waals surface area contributed by atoms with Gasteiger partial charge in [0.15, 0.2) is 5.03 Å². The molecular formula is C3H7N3O5. The van der Waals surface area contributed by atoms with E-state index in [0.717, 1.165) is 5.59 Å². The normalized spacial score (nSPS) is 11.5. The number of aliphatic hydroxyl groups is 1. The van der Waals surface area contributed by atoms with Crippen LogP contribution in [0.15, 0.2) is 0 Å². The quantitative estimate of drug-likeness (QED) is 0.273. The number of hydrogen-bond acceptors (Lipinski definition) is 5. The maximum atomic E-state index is 10.3. The Labute approximate surface area is 61.2 Å². The van der Waals surface area contributed by atoms with Crippen LogP contribution in [0.5, 0.6) is 0 Å². The van der Waals surface area contributed by atoms with Crippen LogP contribution >= 0.6 is 0 Å². The Morgan fingerprint density at radius 3 is 2.73 bits per heavy atom. The number of rotatable bonds is 3. The van der Waals surface area contributed by atoms with Gasteiger partial charge in [0.1, 0.15) is 6.23 Å². The number of carbonyl (C=O) groups excluding carboxylic acids is 1. The van der Waals surface area contributed by atoms with Gasteiger partial charge < -0.3 is 5.11 Å². The van der Waals surface area contributed by atoms with E-state index in [0.29, 0.717) is 0 Å². The van der Waals surface area contributed by atoms with E-state index in [1.807, 2.05) is 5.32 Å². The summed E-state index contributed by atoms with van der Waals surface area (Å²) in [6.07, 6.45) is -2.24. The number of hydrazine groups is 1. The van der Waals surface area contributed by atoms with E-state index in [-0.39, 0.29) is 0 Å². The Balaban J connectivity index is 3.45. The van der Waals surface area contributed by atoms with E-state index in [1.54, 1.807) is 0 Å². The molecule has 1 amide bonds. The van der Waals surface area contributed by atoms with E-state index in [2.05, 4.69) is 4.84 Å². The predicted octanol–water partition coefficient (Wildman–Crippen LogP) is -1.25. The van der Waals surface area contributed by atoms with Gasteiger partial charge in [-0.2, -0.15) is 0 Å². The first-order valence-corrected chi connectivity index (χ1v) is 2.58. The number of nitro groups is 1. The highest BCUT2D eigenvalue weighted by Crippen LogP contribution is 1.75. The van der Waals surface area contributed by atoms with Crippen LogP contribution in [0.1, 0.15) is 6.92 Å². The molecule has 0 fully saturated rings. The van der Waals surface area contributed by atoms with Crippen LogP contribution in [0.4, 0.5) is 4.79 Å². The first-order valence-electron chi connectivity index (χ1n) is 2.58. The van der Waals surface area contributed by atoms with Gasteiger partial charge in [-0.05, 0) is 6.92 Å². The van der Waals surface area contributed by atoms with Crippen molar-refractivity contribution in [3.05, 3.63) is 10.1 Å². The van der Waals surface area contributed by atoms with Gasteiger partial charge in [-0.3, -0.25) is 10.2 Å². The van der Waals surface area contributed by atoms with Crippen LogP contribution < -0.4 is 10.9 Å². The first kappa shape index (κ1) is 9.43. The van der Waals surface area contributed by atoms with Crippen molar-refractivity contribution in [1.82, 2.24) is 10.9 Å². The van der Waals surface area contributed by atoms with Gasteiger partial charge in [-0.1, -0.05) is 0 Å². The van der Waals surface area contributed by atoms with Gasteiger partial charge in [0.05, 0.1) is 0 Å². The molecule has 0 aliphatic rings. The van der Waals surface area contributed by atoms with Crippen molar-refractivity contribution in [3.8, 4) is 0 Å². The van der Waals surface area contributed by atoms with Crippen LogP contribution in [0.3, 0.4) is 0 Å². The third kappa shape index (κ3) is 6.31. The minimum Gasteiger partial charge on any atom is -0.374 e. The molecule has 0 radical (unpaired) electrons. The second-order valence-corrected chi connectivity index (χ2v) is 1.56. The van der Waals surface area contributed by atoms with Crippen LogP contribution in [0.2, 0.25) is 0 Å². The third-order valence-electron chi connectivity index (χ3n) is 0.540. The van der Waals surface area contributed by atoms with Gasteiger partial charge in [0.25, 0.3) is 0 Å². The molecule has 0 aromatic rings. The highest BCUT2D eigenvalue weighted by atomic mass is 16.8. The number of amides is 1. The second-order valence-electron chi connectivity index (χ2n) is 1.56. The van der Waals surface area contributed by atoms with Gasteiger partial charge in [-0.25, -0.2) is 14.9 Å². The van der Waals surface area contributed by atoms with E-state index in [1.165, 1.54) is 6.92 Å². The Morgan fingerprint density at radius 2 is 2.36 bits per heavy atom. The molecule has 0 saturated heterocycles. The molecule has 11 heavy (non-hydrogen) atoms. The zero-order valence-electron chi connectivity index (χ0n) is 5.60. The highest BCUT2D eigenvalue weighted by Gasteiger charge is 2.06. The molecule has 1 unspecified atom stereocenters. The van der Waals surface area contributed by atoms with Gasteiger partial charge >= 0.3 is 6.09 Å². The summed E-state index contributed by atoms with van der Waals surface area (Å²) < 4.78 is 0. The molecule has 0 bridgehead atoms.